The zero-order chi connectivity index (χ0) is 19.0. The molecule has 1 saturated heterocycles. The first kappa shape index (κ1) is 17.8. The number of hydrogen-bond donors (Lipinski definition) is 1. The molecule has 1 fully saturated rings. The third kappa shape index (κ3) is 3.38. The summed E-state index contributed by atoms with van der Waals surface area (Å²) in [5.74, 6) is 1.93. The van der Waals surface area contributed by atoms with E-state index in [0.29, 0.717) is 11.8 Å². The van der Waals surface area contributed by atoms with Gasteiger partial charge < -0.3 is 14.8 Å². The number of anilines is 2. The quantitative estimate of drug-likeness (QED) is 0.740. The van der Waals surface area contributed by atoms with Crippen LogP contribution in [0.15, 0.2) is 36.8 Å². The van der Waals surface area contributed by atoms with Crippen molar-refractivity contribution in [2.24, 2.45) is 7.05 Å². The maximum Gasteiger partial charge on any atom is 0.225 e. The van der Waals surface area contributed by atoms with E-state index in [1.54, 1.807) is 0 Å². The number of aromatic nitrogens is 3. The van der Waals surface area contributed by atoms with Gasteiger partial charge in [0.05, 0.1) is 0 Å². The minimum atomic E-state index is 0.471. The molecule has 142 valence electrons. The summed E-state index contributed by atoms with van der Waals surface area (Å²) in [7, 11) is 4.12. The molecule has 3 aromatic rings. The summed E-state index contributed by atoms with van der Waals surface area (Å²) in [4.78, 5) is 11.5. The van der Waals surface area contributed by atoms with Gasteiger partial charge in [-0.05, 0) is 54.0 Å². The van der Waals surface area contributed by atoms with Crippen LogP contribution in [0.2, 0.25) is 0 Å². The van der Waals surface area contributed by atoms with Gasteiger partial charge in [0.1, 0.15) is 0 Å². The van der Waals surface area contributed by atoms with E-state index in [0.717, 1.165) is 31.9 Å². The highest BCUT2D eigenvalue weighted by Crippen LogP contribution is 2.36. The van der Waals surface area contributed by atoms with Crippen LogP contribution in [0.1, 0.15) is 49.7 Å². The van der Waals surface area contributed by atoms with Crippen molar-refractivity contribution in [1.29, 1.82) is 0 Å². The molecule has 0 saturated carbocycles. The van der Waals surface area contributed by atoms with Crippen molar-refractivity contribution in [2.45, 2.75) is 38.5 Å². The van der Waals surface area contributed by atoms with E-state index in [4.69, 9.17) is 0 Å². The first-order valence-corrected chi connectivity index (χ1v) is 9.90. The Kier molecular flexibility index (Phi) is 4.77. The molecule has 0 atom stereocenters. The Labute approximate surface area is 161 Å². The summed E-state index contributed by atoms with van der Waals surface area (Å²) >= 11 is 0. The molecule has 4 rings (SSSR count). The lowest BCUT2D eigenvalue weighted by Crippen LogP contribution is -2.34. The van der Waals surface area contributed by atoms with E-state index in [1.165, 1.54) is 27.7 Å². The van der Waals surface area contributed by atoms with E-state index < -0.39 is 0 Å². The van der Waals surface area contributed by atoms with Crippen LogP contribution in [-0.2, 0) is 7.05 Å². The van der Waals surface area contributed by atoms with Gasteiger partial charge in [0, 0.05) is 62.4 Å². The Bertz CT molecular complexity index is 918. The smallest absolute Gasteiger partial charge is 0.225 e. The summed E-state index contributed by atoms with van der Waals surface area (Å²) < 4.78 is 2.25. The first-order chi connectivity index (χ1) is 13.1. The molecule has 1 aliphatic rings. The highest BCUT2D eigenvalue weighted by Gasteiger charge is 2.24. The molecule has 0 aliphatic carbocycles. The summed E-state index contributed by atoms with van der Waals surface area (Å²) in [5, 5.41) is 4.64. The molecule has 1 aromatic carbocycles. The molecule has 1 aliphatic heterocycles. The number of benzene rings is 1. The molecule has 0 bridgehead atoms. The molecule has 5 heteroatoms. The second-order valence-corrected chi connectivity index (χ2v) is 7.91. The summed E-state index contributed by atoms with van der Waals surface area (Å²) in [5.41, 5.74) is 5.15. The second-order valence-electron chi connectivity index (χ2n) is 7.91. The van der Waals surface area contributed by atoms with Crippen molar-refractivity contribution in [2.75, 3.05) is 30.4 Å². The van der Waals surface area contributed by atoms with E-state index in [9.17, 15) is 0 Å². The molecule has 0 radical (unpaired) electrons. The van der Waals surface area contributed by atoms with Gasteiger partial charge >= 0.3 is 0 Å². The standard InChI is InChI=1S/C22H29N5/c1-15(2)17-12-24-22(25-13-17)27-9-7-16(8-10-27)20-14-26(4)21-6-5-18(23-3)11-19(20)21/h5-6,11-16,23H,7-10H2,1-4H3. The van der Waals surface area contributed by atoms with Gasteiger partial charge in [-0.1, -0.05) is 13.8 Å². The van der Waals surface area contributed by atoms with Crippen molar-refractivity contribution in [3.8, 4) is 0 Å². The topological polar surface area (TPSA) is 46.0 Å². The van der Waals surface area contributed by atoms with Crippen molar-refractivity contribution in [1.82, 2.24) is 14.5 Å². The maximum atomic E-state index is 4.60. The summed E-state index contributed by atoms with van der Waals surface area (Å²) in [6, 6.07) is 6.64. The molecule has 5 nitrogen and oxygen atoms in total. The Morgan fingerprint density at radius 3 is 2.44 bits per heavy atom. The Morgan fingerprint density at radius 2 is 1.81 bits per heavy atom. The van der Waals surface area contributed by atoms with Crippen LogP contribution < -0.4 is 10.2 Å². The van der Waals surface area contributed by atoms with Gasteiger partial charge in [0.15, 0.2) is 0 Å². The van der Waals surface area contributed by atoms with Crippen LogP contribution in [0.25, 0.3) is 10.9 Å². The average molecular weight is 364 g/mol. The van der Waals surface area contributed by atoms with E-state index in [2.05, 4.69) is 70.0 Å². The monoisotopic (exact) mass is 363 g/mol. The molecule has 3 heterocycles. The highest BCUT2D eigenvalue weighted by molar-refractivity contribution is 5.87. The van der Waals surface area contributed by atoms with Crippen LogP contribution in [0.4, 0.5) is 11.6 Å². The van der Waals surface area contributed by atoms with Crippen molar-refractivity contribution >= 4 is 22.5 Å². The van der Waals surface area contributed by atoms with Gasteiger partial charge in [-0.15, -0.1) is 0 Å². The van der Waals surface area contributed by atoms with Gasteiger partial charge in [-0.3, -0.25) is 0 Å². The largest absolute Gasteiger partial charge is 0.388 e. The number of piperidine rings is 1. The van der Waals surface area contributed by atoms with Crippen molar-refractivity contribution < 1.29 is 0 Å². The molecule has 2 aromatic heterocycles. The Hall–Kier alpha value is -2.56. The number of nitrogens with one attached hydrogen (secondary N) is 1. The molecule has 0 amide bonds. The van der Waals surface area contributed by atoms with E-state index >= 15 is 0 Å². The van der Waals surface area contributed by atoms with Crippen LogP contribution in [0.5, 0.6) is 0 Å². The van der Waals surface area contributed by atoms with E-state index in [-0.39, 0.29) is 0 Å². The Morgan fingerprint density at radius 1 is 1.11 bits per heavy atom. The van der Waals surface area contributed by atoms with Crippen molar-refractivity contribution in [3.63, 3.8) is 0 Å². The van der Waals surface area contributed by atoms with Gasteiger partial charge in [0.2, 0.25) is 5.95 Å². The molecular weight excluding hydrogens is 334 g/mol. The zero-order valence-electron chi connectivity index (χ0n) is 16.7. The second kappa shape index (κ2) is 7.22. The fraction of sp³-hybridized carbons (Fsp3) is 0.455. The minimum absolute atomic E-state index is 0.471. The lowest BCUT2D eigenvalue weighted by Gasteiger charge is -2.32. The minimum Gasteiger partial charge on any atom is -0.388 e. The fourth-order valence-corrected chi connectivity index (χ4v) is 4.09. The van der Waals surface area contributed by atoms with Crippen LogP contribution >= 0.6 is 0 Å². The molecule has 1 N–H and O–H groups in total. The fourth-order valence-electron chi connectivity index (χ4n) is 4.09. The lowest BCUT2D eigenvalue weighted by atomic mass is 9.89. The maximum absolute atomic E-state index is 4.60. The van der Waals surface area contributed by atoms with Crippen LogP contribution in [-0.4, -0.2) is 34.7 Å². The first-order valence-electron chi connectivity index (χ1n) is 9.90. The average Bonchev–Trinajstić information content (AvgIpc) is 3.04. The van der Waals surface area contributed by atoms with Crippen LogP contribution in [0.3, 0.4) is 0 Å². The number of aryl methyl sites for hydroxylation is 1. The predicted molar refractivity (Wildman–Crippen MR) is 113 cm³/mol. The predicted octanol–water partition coefficient (Wildman–Crippen LogP) is 4.52. The zero-order valence-corrected chi connectivity index (χ0v) is 16.7. The number of hydrogen-bond acceptors (Lipinski definition) is 4. The summed E-state index contributed by atoms with van der Waals surface area (Å²) in [6.07, 6.45) is 8.54. The van der Waals surface area contributed by atoms with Gasteiger partial charge in [0.25, 0.3) is 0 Å². The third-order valence-electron chi connectivity index (χ3n) is 5.85. The number of rotatable bonds is 4. The highest BCUT2D eigenvalue weighted by atomic mass is 15.2. The lowest BCUT2D eigenvalue weighted by molar-refractivity contribution is 0.501. The van der Waals surface area contributed by atoms with Gasteiger partial charge in [-0.2, -0.15) is 0 Å². The number of nitrogens with zero attached hydrogens (tertiary/aromatic N) is 4. The number of fused-ring (bicyclic) bond motifs is 1. The summed E-state index contributed by atoms with van der Waals surface area (Å²) in [6.45, 7) is 6.36. The van der Waals surface area contributed by atoms with Crippen molar-refractivity contribution in [3.05, 3.63) is 47.9 Å². The molecule has 0 spiro atoms. The molecule has 27 heavy (non-hydrogen) atoms. The molecular formula is C22H29N5. The normalized spacial score (nSPS) is 15.7. The van der Waals surface area contributed by atoms with Crippen LogP contribution in [0, 0.1) is 0 Å². The molecule has 0 unspecified atom stereocenters. The van der Waals surface area contributed by atoms with E-state index in [1.807, 2.05) is 19.4 Å². The SMILES string of the molecule is CNc1ccc2c(c1)c(C1CCN(c3ncc(C(C)C)cn3)CC1)cn2C. The third-order valence-corrected chi connectivity index (χ3v) is 5.85. The Balaban J connectivity index is 1.51. The van der Waals surface area contributed by atoms with Gasteiger partial charge in [-0.25, -0.2) is 9.97 Å².